The Morgan fingerprint density at radius 2 is 2.06 bits per heavy atom. The Labute approximate surface area is 106 Å². The molecule has 102 valence electrons. The van der Waals surface area contributed by atoms with Crippen molar-refractivity contribution in [2.24, 2.45) is 0 Å². The van der Waals surface area contributed by atoms with Crippen LogP contribution >= 0.6 is 0 Å². The van der Waals surface area contributed by atoms with Gasteiger partial charge in [-0.2, -0.15) is 0 Å². The molecule has 2 atom stereocenters. The summed E-state index contributed by atoms with van der Waals surface area (Å²) in [6, 6.07) is -0.511. The molecule has 1 fully saturated rings. The first-order valence-corrected chi connectivity index (χ1v) is 6.00. The van der Waals surface area contributed by atoms with Gasteiger partial charge in [0.1, 0.15) is 12.1 Å². The van der Waals surface area contributed by atoms with Gasteiger partial charge in [0.15, 0.2) is 0 Å². The zero-order valence-electron chi connectivity index (χ0n) is 11.0. The van der Waals surface area contributed by atoms with Crippen molar-refractivity contribution in [1.82, 2.24) is 4.90 Å². The molecular formula is C12H19NO5. The molecule has 0 spiro atoms. The lowest BCUT2D eigenvalue weighted by molar-refractivity contribution is -0.159. The third-order valence-electron chi connectivity index (χ3n) is 2.93. The van der Waals surface area contributed by atoms with Gasteiger partial charge in [-0.1, -0.05) is 0 Å². The van der Waals surface area contributed by atoms with E-state index in [-0.39, 0.29) is 12.3 Å². The van der Waals surface area contributed by atoms with Crippen LogP contribution in [0.1, 0.15) is 33.1 Å². The Morgan fingerprint density at radius 1 is 1.39 bits per heavy atom. The average Bonchev–Trinajstić information content (AvgIpc) is 2.77. The fourth-order valence-electron chi connectivity index (χ4n) is 2.03. The average molecular weight is 257 g/mol. The van der Waals surface area contributed by atoms with Gasteiger partial charge < -0.3 is 14.4 Å². The zero-order valence-corrected chi connectivity index (χ0v) is 11.0. The number of esters is 2. The van der Waals surface area contributed by atoms with E-state index in [4.69, 9.17) is 4.74 Å². The van der Waals surface area contributed by atoms with Crippen LogP contribution in [-0.4, -0.2) is 48.5 Å². The molecular weight excluding hydrogens is 238 g/mol. The van der Waals surface area contributed by atoms with Crippen molar-refractivity contribution < 1.29 is 23.9 Å². The topological polar surface area (TPSA) is 72.9 Å². The van der Waals surface area contributed by atoms with Gasteiger partial charge in [-0.25, -0.2) is 4.79 Å². The van der Waals surface area contributed by atoms with E-state index in [2.05, 4.69) is 4.74 Å². The first-order valence-electron chi connectivity index (χ1n) is 6.00. The highest BCUT2D eigenvalue weighted by molar-refractivity contribution is 5.84. The lowest BCUT2D eigenvalue weighted by Crippen LogP contribution is -2.41. The van der Waals surface area contributed by atoms with Gasteiger partial charge in [0.2, 0.25) is 5.91 Å². The van der Waals surface area contributed by atoms with Crippen molar-refractivity contribution >= 4 is 17.8 Å². The summed E-state index contributed by atoms with van der Waals surface area (Å²) in [5, 5.41) is 0. The number of methoxy groups -OCH3 is 1. The van der Waals surface area contributed by atoms with Crippen molar-refractivity contribution in [3.05, 3.63) is 0 Å². The largest absolute Gasteiger partial charge is 0.469 e. The van der Waals surface area contributed by atoms with Gasteiger partial charge in [0.25, 0.3) is 0 Å². The Hall–Kier alpha value is -1.59. The van der Waals surface area contributed by atoms with E-state index in [0.29, 0.717) is 13.0 Å². The first-order chi connectivity index (χ1) is 8.45. The minimum Gasteiger partial charge on any atom is -0.469 e. The highest BCUT2D eigenvalue weighted by Crippen LogP contribution is 2.19. The minimum atomic E-state index is -0.542. The monoisotopic (exact) mass is 257 g/mol. The van der Waals surface area contributed by atoms with Crippen LogP contribution in [0.3, 0.4) is 0 Å². The number of rotatable bonds is 4. The number of carbonyl (C=O) groups is 3. The maximum absolute atomic E-state index is 11.9. The summed E-state index contributed by atoms with van der Waals surface area (Å²) < 4.78 is 9.65. The molecule has 0 aromatic carbocycles. The predicted octanol–water partition coefficient (Wildman–Crippen LogP) is 0.492. The van der Waals surface area contributed by atoms with Crippen LogP contribution in [0.25, 0.3) is 0 Å². The summed E-state index contributed by atoms with van der Waals surface area (Å²) in [7, 11) is 1.28. The first kappa shape index (κ1) is 14.5. The molecule has 1 amide bonds. The quantitative estimate of drug-likeness (QED) is 0.685. The molecule has 6 heteroatoms. The van der Waals surface area contributed by atoms with Crippen molar-refractivity contribution in [3.8, 4) is 0 Å². The highest BCUT2D eigenvalue weighted by atomic mass is 16.6. The van der Waals surface area contributed by atoms with Crippen LogP contribution in [0, 0.1) is 0 Å². The van der Waals surface area contributed by atoms with Gasteiger partial charge in [0.05, 0.1) is 13.5 Å². The van der Waals surface area contributed by atoms with Gasteiger partial charge in [-0.05, 0) is 19.8 Å². The van der Waals surface area contributed by atoms with Crippen LogP contribution < -0.4 is 0 Å². The summed E-state index contributed by atoms with van der Waals surface area (Å²) in [4.78, 5) is 35.7. The van der Waals surface area contributed by atoms with Crippen LogP contribution in [0.2, 0.25) is 0 Å². The fourth-order valence-corrected chi connectivity index (χ4v) is 2.03. The molecule has 1 rings (SSSR count). The molecule has 0 N–H and O–H groups in total. The van der Waals surface area contributed by atoms with Crippen molar-refractivity contribution in [2.75, 3.05) is 13.7 Å². The molecule has 0 aromatic rings. The van der Waals surface area contributed by atoms with E-state index in [9.17, 15) is 14.4 Å². The van der Waals surface area contributed by atoms with Crippen LogP contribution in [-0.2, 0) is 23.9 Å². The summed E-state index contributed by atoms with van der Waals surface area (Å²) in [6.07, 6.45) is 0.891. The molecule has 0 aromatic heterocycles. The third kappa shape index (κ3) is 3.72. The van der Waals surface area contributed by atoms with E-state index in [0.717, 1.165) is 6.42 Å². The summed E-state index contributed by atoms with van der Waals surface area (Å²) in [5.41, 5.74) is 0. The molecule has 18 heavy (non-hydrogen) atoms. The van der Waals surface area contributed by atoms with Gasteiger partial charge in [-0.3, -0.25) is 9.59 Å². The Kier molecular flexibility index (Phi) is 5.12. The van der Waals surface area contributed by atoms with E-state index in [1.165, 1.54) is 18.9 Å². The Balaban J connectivity index is 2.49. The second kappa shape index (κ2) is 6.37. The summed E-state index contributed by atoms with van der Waals surface area (Å²) >= 11 is 0. The summed E-state index contributed by atoms with van der Waals surface area (Å²) in [6.45, 7) is 3.64. The molecule has 6 nitrogen and oxygen atoms in total. The normalized spacial score (nSPS) is 20.4. The maximum Gasteiger partial charge on any atom is 0.329 e. The molecule has 0 bridgehead atoms. The molecule has 1 aliphatic heterocycles. The van der Waals surface area contributed by atoms with E-state index < -0.39 is 24.1 Å². The molecule has 0 radical (unpaired) electrons. The van der Waals surface area contributed by atoms with E-state index in [1.54, 1.807) is 6.92 Å². The number of nitrogens with zero attached hydrogens (tertiary/aromatic N) is 1. The van der Waals surface area contributed by atoms with Gasteiger partial charge in [-0.15, -0.1) is 0 Å². The Bertz CT molecular complexity index is 341. The molecule has 0 saturated carbocycles. The van der Waals surface area contributed by atoms with Crippen molar-refractivity contribution in [2.45, 2.75) is 45.3 Å². The van der Waals surface area contributed by atoms with Crippen LogP contribution in [0.5, 0.6) is 0 Å². The SMILES string of the molecule is COC(=O)C[C@@H](C)OC(=O)C1CCCN1C(C)=O. The van der Waals surface area contributed by atoms with E-state index in [1.807, 2.05) is 0 Å². The number of carbonyl (C=O) groups excluding carboxylic acids is 3. The third-order valence-corrected chi connectivity index (χ3v) is 2.93. The predicted molar refractivity (Wildman–Crippen MR) is 62.6 cm³/mol. The smallest absolute Gasteiger partial charge is 0.329 e. The second-order valence-electron chi connectivity index (χ2n) is 4.40. The number of hydrogen-bond acceptors (Lipinski definition) is 5. The van der Waals surface area contributed by atoms with E-state index >= 15 is 0 Å². The zero-order chi connectivity index (χ0) is 13.7. The van der Waals surface area contributed by atoms with Crippen molar-refractivity contribution in [1.29, 1.82) is 0 Å². The number of likely N-dealkylation sites (tertiary alicyclic amines) is 1. The highest BCUT2D eigenvalue weighted by Gasteiger charge is 2.34. The maximum atomic E-state index is 11.9. The minimum absolute atomic E-state index is 0.0228. The lowest BCUT2D eigenvalue weighted by atomic mass is 10.2. The van der Waals surface area contributed by atoms with Crippen molar-refractivity contribution in [3.63, 3.8) is 0 Å². The fraction of sp³-hybridized carbons (Fsp3) is 0.750. The molecule has 0 aliphatic carbocycles. The molecule has 1 heterocycles. The van der Waals surface area contributed by atoms with Crippen LogP contribution in [0.15, 0.2) is 0 Å². The van der Waals surface area contributed by atoms with Crippen LogP contribution in [0.4, 0.5) is 0 Å². The standard InChI is InChI=1S/C12H19NO5/c1-8(7-11(15)17-3)18-12(16)10-5-4-6-13(10)9(2)14/h8,10H,4-7H2,1-3H3/t8-,10?/m1/s1. The number of ether oxygens (including phenoxy) is 2. The lowest BCUT2D eigenvalue weighted by Gasteiger charge is -2.23. The van der Waals surface area contributed by atoms with Gasteiger partial charge >= 0.3 is 11.9 Å². The molecule has 1 saturated heterocycles. The Morgan fingerprint density at radius 3 is 2.61 bits per heavy atom. The summed E-state index contributed by atoms with van der Waals surface area (Å²) in [5.74, 6) is -1.00. The second-order valence-corrected chi connectivity index (χ2v) is 4.40. The number of hydrogen-bond donors (Lipinski definition) is 0. The number of amides is 1. The molecule has 1 unspecified atom stereocenters. The molecule has 1 aliphatic rings. The van der Waals surface area contributed by atoms with Gasteiger partial charge in [0, 0.05) is 13.5 Å².